The summed E-state index contributed by atoms with van der Waals surface area (Å²) < 4.78 is 35.1. The Morgan fingerprint density at radius 2 is 0.897 bits per heavy atom. The van der Waals surface area contributed by atoms with Crippen molar-refractivity contribution < 1.29 is 37.3 Å². The predicted octanol–water partition coefficient (Wildman–Crippen LogP) is 14.8. The minimum Gasteiger partial charge on any atom is -0.457 e. The third-order valence-electron chi connectivity index (χ3n) is 10.7. The van der Waals surface area contributed by atoms with Crippen LogP contribution >= 0.6 is 7.82 Å². The number of quaternary nitrogens is 1. The Balaban J connectivity index is 4.16. The van der Waals surface area contributed by atoms with E-state index in [0.29, 0.717) is 24.1 Å². The number of phosphoric acid groups is 1. The zero-order valence-electron chi connectivity index (χ0n) is 39.0. The van der Waals surface area contributed by atoms with Crippen molar-refractivity contribution >= 4 is 13.8 Å². The van der Waals surface area contributed by atoms with Crippen LogP contribution in [0.25, 0.3) is 0 Å². The van der Waals surface area contributed by atoms with Crippen molar-refractivity contribution in [2.24, 2.45) is 0 Å². The molecule has 58 heavy (non-hydrogen) atoms. The molecule has 0 aromatic heterocycles. The molecule has 0 heterocycles. The number of ether oxygens (including phenoxy) is 2. The van der Waals surface area contributed by atoms with Crippen molar-refractivity contribution in [3.8, 4) is 0 Å². The van der Waals surface area contributed by atoms with Gasteiger partial charge in [-0.05, 0) is 64.2 Å². The fourth-order valence-corrected chi connectivity index (χ4v) is 7.64. The summed E-state index contributed by atoms with van der Waals surface area (Å²) in [6.45, 7) is 5.64. The van der Waals surface area contributed by atoms with Crippen LogP contribution in [0.15, 0.2) is 24.3 Å². The molecule has 0 saturated heterocycles. The smallest absolute Gasteiger partial charge is 0.457 e. The zero-order chi connectivity index (χ0) is 42.7. The first kappa shape index (κ1) is 57.0. The van der Waals surface area contributed by atoms with Crippen molar-refractivity contribution in [3.05, 3.63) is 24.3 Å². The molecule has 344 valence electrons. The van der Waals surface area contributed by atoms with Crippen LogP contribution in [0.1, 0.15) is 226 Å². The number of unbranched alkanes of at least 4 members (excludes halogenated alkanes) is 28. The van der Waals surface area contributed by atoms with Crippen molar-refractivity contribution in [2.75, 3.05) is 54.1 Å². The number of hydrogen-bond acceptors (Lipinski definition) is 6. The molecule has 0 amide bonds. The second kappa shape index (κ2) is 42.7. The normalized spacial score (nSPS) is 13.8. The fourth-order valence-electron chi connectivity index (χ4n) is 6.90. The van der Waals surface area contributed by atoms with Crippen LogP contribution in [-0.4, -0.2) is 75.6 Å². The molecule has 0 fully saturated rings. The first-order chi connectivity index (χ1) is 28.1. The van der Waals surface area contributed by atoms with Gasteiger partial charge in [-0.25, -0.2) is 4.57 Å². The third-order valence-corrected chi connectivity index (χ3v) is 11.7. The molecule has 9 heteroatoms. The maximum Gasteiger partial charge on any atom is 0.472 e. The lowest BCUT2D eigenvalue weighted by Gasteiger charge is -2.24. The van der Waals surface area contributed by atoms with Crippen LogP contribution in [0.2, 0.25) is 0 Å². The molecule has 0 aliphatic rings. The largest absolute Gasteiger partial charge is 0.472 e. The maximum atomic E-state index is 12.7. The Bertz CT molecular complexity index is 983. The van der Waals surface area contributed by atoms with Gasteiger partial charge in [-0.3, -0.25) is 13.8 Å². The van der Waals surface area contributed by atoms with E-state index in [1.165, 1.54) is 173 Å². The molecular weight excluding hydrogens is 746 g/mol. The van der Waals surface area contributed by atoms with Gasteiger partial charge in [0.05, 0.1) is 34.4 Å². The predicted molar refractivity (Wildman–Crippen MR) is 247 cm³/mol. The summed E-state index contributed by atoms with van der Waals surface area (Å²) in [6.07, 6.45) is 49.3. The van der Waals surface area contributed by atoms with Crippen molar-refractivity contribution in [1.29, 1.82) is 0 Å². The van der Waals surface area contributed by atoms with Gasteiger partial charge in [0, 0.05) is 13.0 Å². The van der Waals surface area contributed by atoms with E-state index in [9.17, 15) is 14.3 Å². The highest BCUT2D eigenvalue weighted by atomic mass is 31.2. The minimum atomic E-state index is -4.28. The molecular formula is C49H97NO7P+. The Morgan fingerprint density at radius 1 is 0.517 bits per heavy atom. The van der Waals surface area contributed by atoms with Gasteiger partial charge >= 0.3 is 13.8 Å². The van der Waals surface area contributed by atoms with E-state index >= 15 is 0 Å². The summed E-state index contributed by atoms with van der Waals surface area (Å²) >= 11 is 0. The Kier molecular flexibility index (Phi) is 41.9. The third kappa shape index (κ3) is 46.1. The Hall–Kier alpha value is -1.02. The minimum absolute atomic E-state index is 0.0886. The van der Waals surface area contributed by atoms with Crippen LogP contribution < -0.4 is 0 Å². The van der Waals surface area contributed by atoms with Crippen LogP contribution in [-0.2, 0) is 27.9 Å². The van der Waals surface area contributed by atoms with Gasteiger partial charge in [0.2, 0.25) is 0 Å². The van der Waals surface area contributed by atoms with Crippen LogP contribution in [0, 0.1) is 0 Å². The number of hydrogen-bond donors (Lipinski definition) is 1. The highest BCUT2D eigenvalue weighted by Crippen LogP contribution is 2.43. The average molecular weight is 843 g/mol. The van der Waals surface area contributed by atoms with E-state index in [2.05, 4.69) is 38.2 Å². The molecule has 0 aromatic carbocycles. The van der Waals surface area contributed by atoms with Gasteiger partial charge in [-0.2, -0.15) is 0 Å². The SMILES string of the molecule is CCCCCCCC/C=C\CCCCCCCCCC(=O)OC(COCCCCCCCCCC/C=C\CCCCCCCCC)COP(=O)(O)OCC[N+](C)(C)C. The second-order valence-corrected chi connectivity index (χ2v) is 19.3. The Morgan fingerprint density at radius 3 is 1.31 bits per heavy atom. The number of esters is 1. The molecule has 0 aromatic rings. The summed E-state index contributed by atoms with van der Waals surface area (Å²) in [5, 5.41) is 0. The average Bonchev–Trinajstić information content (AvgIpc) is 3.18. The lowest BCUT2D eigenvalue weighted by Crippen LogP contribution is -2.37. The molecule has 1 N–H and O–H groups in total. The van der Waals surface area contributed by atoms with Gasteiger partial charge in [0.15, 0.2) is 0 Å². The lowest BCUT2D eigenvalue weighted by molar-refractivity contribution is -0.870. The van der Waals surface area contributed by atoms with E-state index < -0.39 is 13.9 Å². The summed E-state index contributed by atoms with van der Waals surface area (Å²) in [4.78, 5) is 23.0. The first-order valence-corrected chi connectivity index (χ1v) is 26.1. The monoisotopic (exact) mass is 843 g/mol. The Labute approximate surface area is 360 Å². The maximum absolute atomic E-state index is 12.7. The molecule has 2 unspecified atom stereocenters. The summed E-state index contributed by atoms with van der Waals surface area (Å²) in [6, 6.07) is 0. The van der Waals surface area contributed by atoms with E-state index in [-0.39, 0.29) is 25.8 Å². The van der Waals surface area contributed by atoms with E-state index in [0.717, 1.165) is 32.1 Å². The lowest BCUT2D eigenvalue weighted by atomic mass is 10.1. The van der Waals surface area contributed by atoms with Gasteiger partial charge in [-0.15, -0.1) is 0 Å². The van der Waals surface area contributed by atoms with Gasteiger partial charge in [0.1, 0.15) is 19.3 Å². The quantitative estimate of drug-likeness (QED) is 0.0215. The van der Waals surface area contributed by atoms with Gasteiger partial charge in [0.25, 0.3) is 0 Å². The molecule has 0 aliphatic carbocycles. The number of carbonyl (C=O) groups excluding carboxylic acids is 1. The fraction of sp³-hybridized carbons (Fsp3) is 0.898. The van der Waals surface area contributed by atoms with E-state index in [1.54, 1.807) is 0 Å². The summed E-state index contributed by atoms with van der Waals surface area (Å²) in [7, 11) is 1.67. The topological polar surface area (TPSA) is 91.3 Å². The molecule has 0 radical (unpaired) electrons. The van der Waals surface area contributed by atoms with Gasteiger partial charge in [-0.1, -0.05) is 179 Å². The highest BCUT2D eigenvalue weighted by Gasteiger charge is 2.26. The molecule has 0 rings (SSSR count). The second-order valence-electron chi connectivity index (χ2n) is 17.8. The molecule has 0 spiro atoms. The van der Waals surface area contributed by atoms with Crippen molar-refractivity contribution in [2.45, 2.75) is 232 Å². The summed E-state index contributed by atoms with van der Waals surface area (Å²) in [5.74, 6) is -0.316. The van der Waals surface area contributed by atoms with Gasteiger partial charge < -0.3 is 18.9 Å². The molecule has 2 atom stereocenters. The highest BCUT2D eigenvalue weighted by molar-refractivity contribution is 7.47. The van der Waals surface area contributed by atoms with E-state index in [4.69, 9.17) is 18.5 Å². The molecule has 0 saturated carbocycles. The molecule has 8 nitrogen and oxygen atoms in total. The molecule has 0 bridgehead atoms. The number of nitrogens with zero attached hydrogens (tertiary/aromatic N) is 1. The number of carbonyl (C=O) groups is 1. The van der Waals surface area contributed by atoms with E-state index in [1.807, 2.05) is 21.1 Å². The van der Waals surface area contributed by atoms with Crippen LogP contribution in [0.3, 0.4) is 0 Å². The van der Waals surface area contributed by atoms with Crippen molar-refractivity contribution in [3.63, 3.8) is 0 Å². The van der Waals surface area contributed by atoms with Crippen molar-refractivity contribution in [1.82, 2.24) is 0 Å². The number of likely N-dealkylation sites (N-methyl/N-ethyl adjacent to an activating group) is 1. The number of allylic oxidation sites excluding steroid dienone is 4. The first-order valence-electron chi connectivity index (χ1n) is 24.6. The van der Waals surface area contributed by atoms with Crippen LogP contribution in [0.4, 0.5) is 0 Å². The standard InChI is InChI=1S/C49H96NO7P/c1-6-8-10-12-14-16-18-20-22-24-25-27-29-31-33-35-37-39-41-44-54-46-48(47-56-58(52,53)55-45-43-50(3,4)5)57-49(51)42-40-38-36-34-32-30-28-26-23-21-19-17-15-13-11-9-7-2/h21-24,48H,6-20,25-47H2,1-5H3/p+1/b23-21-,24-22-. The number of rotatable bonds is 46. The van der Waals surface area contributed by atoms with Crippen LogP contribution in [0.5, 0.6) is 0 Å². The molecule has 0 aliphatic heterocycles. The zero-order valence-corrected chi connectivity index (χ0v) is 39.9. The summed E-state index contributed by atoms with van der Waals surface area (Å²) in [5.41, 5.74) is 0. The number of phosphoric ester groups is 1.